The van der Waals surface area contributed by atoms with Gasteiger partial charge in [0.25, 0.3) is 0 Å². The van der Waals surface area contributed by atoms with Crippen LogP contribution in [0.3, 0.4) is 0 Å². The van der Waals surface area contributed by atoms with E-state index in [0.29, 0.717) is 5.41 Å². The van der Waals surface area contributed by atoms with Gasteiger partial charge < -0.3 is 5.73 Å². The molecule has 1 nitrogen and oxygen atoms in total. The van der Waals surface area contributed by atoms with Crippen molar-refractivity contribution in [1.82, 2.24) is 0 Å². The standard InChI is InChI=1S/C9H19N/c1-4-9(6-10)5-7(2)8(9)3/h7-8H,4-6,10H2,1-3H3. The second kappa shape index (κ2) is 2.54. The maximum atomic E-state index is 5.73. The Kier molecular flexibility index (Phi) is 2.04. The zero-order valence-corrected chi connectivity index (χ0v) is 7.35. The summed E-state index contributed by atoms with van der Waals surface area (Å²) in [5, 5.41) is 0. The van der Waals surface area contributed by atoms with Gasteiger partial charge in [0.2, 0.25) is 0 Å². The normalized spacial score (nSPS) is 46.8. The number of hydrogen-bond acceptors (Lipinski definition) is 1. The van der Waals surface area contributed by atoms with Gasteiger partial charge in [-0.1, -0.05) is 20.8 Å². The van der Waals surface area contributed by atoms with Gasteiger partial charge in [0, 0.05) is 0 Å². The molecule has 1 fully saturated rings. The Balaban J connectivity index is 2.54. The maximum Gasteiger partial charge on any atom is -0.00179 e. The molecule has 0 aromatic heterocycles. The van der Waals surface area contributed by atoms with E-state index in [9.17, 15) is 0 Å². The van der Waals surface area contributed by atoms with E-state index in [1.54, 1.807) is 0 Å². The summed E-state index contributed by atoms with van der Waals surface area (Å²) in [4.78, 5) is 0. The summed E-state index contributed by atoms with van der Waals surface area (Å²) in [6.07, 6.45) is 2.61. The summed E-state index contributed by atoms with van der Waals surface area (Å²) in [7, 11) is 0. The van der Waals surface area contributed by atoms with Gasteiger partial charge in [-0.3, -0.25) is 0 Å². The van der Waals surface area contributed by atoms with E-state index in [4.69, 9.17) is 5.73 Å². The largest absolute Gasteiger partial charge is 0.330 e. The fraction of sp³-hybridized carbons (Fsp3) is 1.00. The monoisotopic (exact) mass is 141 g/mol. The first-order valence-corrected chi connectivity index (χ1v) is 4.36. The van der Waals surface area contributed by atoms with Crippen LogP contribution in [-0.2, 0) is 0 Å². The highest BCUT2D eigenvalue weighted by molar-refractivity contribution is 4.97. The first-order chi connectivity index (χ1) is 4.66. The topological polar surface area (TPSA) is 26.0 Å². The van der Waals surface area contributed by atoms with Gasteiger partial charge in [0.15, 0.2) is 0 Å². The van der Waals surface area contributed by atoms with Gasteiger partial charge in [0.05, 0.1) is 0 Å². The average Bonchev–Trinajstić information content (AvgIpc) is 1.99. The molecule has 1 heteroatoms. The molecule has 1 aliphatic rings. The van der Waals surface area contributed by atoms with Crippen molar-refractivity contribution in [2.45, 2.75) is 33.6 Å². The Morgan fingerprint density at radius 2 is 2.10 bits per heavy atom. The van der Waals surface area contributed by atoms with Crippen molar-refractivity contribution in [3.05, 3.63) is 0 Å². The number of rotatable bonds is 2. The van der Waals surface area contributed by atoms with Gasteiger partial charge in [-0.25, -0.2) is 0 Å². The molecular formula is C9H19N. The summed E-state index contributed by atoms with van der Waals surface area (Å²) < 4.78 is 0. The maximum absolute atomic E-state index is 5.73. The molecule has 0 bridgehead atoms. The first-order valence-electron chi connectivity index (χ1n) is 4.36. The summed E-state index contributed by atoms with van der Waals surface area (Å²) >= 11 is 0. The molecule has 0 aromatic carbocycles. The number of hydrogen-bond donors (Lipinski definition) is 1. The summed E-state index contributed by atoms with van der Waals surface area (Å²) in [5.41, 5.74) is 6.25. The van der Waals surface area contributed by atoms with Crippen LogP contribution in [0.15, 0.2) is 0 Å². The molecule has 10 heavy (non-hydrogen) atoms. The third kappa shape index (κ3) is 0.878. The molecule has 0 aromatic rings. The quantitative estimate of drug-likeness (QED) is 0.625. The fourth-order valence-electron chi connectivity index (χ4n) is 2.33. The lowest BCUT2D eigenvalue weighted by Gasteiger charge is -2.52. The van der Waals surface area contributed by atoms with Gasteiger partial charge in [0.1, 0.15) is 0 Å². The van der Waals surface area contributed by atoms with Crippen molar-refractivity contribution in [2.75, 3.05) is 6.54 Å². The van der Waals surface area contributed by atoms with Crippen LogP contribution >= 0.6 is 0 Å². The highest BCUT2D eigenvalue weighted by Gasteiger charge is 2.46. The van der Waals surface area contributed by atoms with E-state index in [1.807, 2.05) is 0 Å². The molecule has 1 saturated carbocycles. The van der Waals surface area contributed by atoms with Crippen LogP contribution in [-0.4, -0.2) is 6.54 Å². The van der Waals surface area contributed by atoms with Crippen molar-refractivity contribution in [3.63, 3.8) is 0 Å². The lowest BCUT2D eigenvalue weighted by Crippen LogP contribution is -2.49. The fourth-order valence-corrected chi connectivity index (χ4v) is 2.33. The molecule has 0 amide bonds. The first kappa shape index (κ1) is 8.06. The predicted octanol–water partition coefficient (Wildman–Crippen LogP) is 2.02. The van der Waals surface area contributed by atoms with Gasteiger partial charge in [-0.15, -0.1) is 0 Å². The minimum Gasteiger partial charge on any atom is -0.330 e. The van der Waals surface area contributed by atoms with Crippen LogP contribution in [0.25, 0.3) is 0 Å². The average molecular weight is 141 g/mol. The summed E-state index contributed by atoms with van der Waals surface area (Å²) in [6.45, 7) is 7.81. The Bertz CT molecular complexity index is 116. The molecular weight excluding hydrogens is 122 g/mol. The smallest absolute Gasteiger partial charge is 0.00179 e. The second-order valence-electron chi connectivity index (χ2n) is 3.89. The Labute approximate surface area is 64.0 Å². The number of nitrogens with two attached hydrogens (primary N) is 1. The molecule has 2 N–H and O–H groups in total. The van der Waals surface area contributed by atoms with E-state index >= 15 is 0 Å². The van der Waals surface area contributed by atoms with Crippen LogP contribution in [0.1, 0.15) is 33.6 Å². The third-order valence-corrected chi connectivity index (χ3v) is 3.66. The Morgan fingerprint density at radius 1 is 1.50 bits per heavy atom. The van der Waals surface area contributed by atoms with Gasteiger partial charge >= 0.3 is 0 Å². The Morgan fingerprint density at radius 3 is 2.20 bits per heavy atom. The predicted molar refractivity (Wildman–Crippen MR) is 44.7 cm³/mol. The van der Waals surface area contributed by atoms with E-state index in [1.165, 1.54) is 12.8 Å². The van der Waals surface area contributed by atoms with Crippen LogP contribution in [0.4, 0.5) is 0 Å². The molecule has 3 atom stereocenters. The van der Waals surface area contributed by atoms with E-state index in [-0.39, 0.29) is 0 Å². The molecule has 0 radical (unpaired) electrons. The second-order valence-corrected chi connectivity index (χ2v) is 3.89. The zero-order valence-electron chi connectivity index (χ0n) is 7.35. The van der Waals surface area contributed by atoms with E-state index in [2.05, 4.69) is 20.8 Å². The van der Waals surface area contributed by atoms with Crippen LogP contribution in [0.2, 0.25) is 0 Å². The molecule has 0 spiro atoms. The minimum absolute atomic E-state index is 0.513. The van der Waals surface area contributed by atoms with E-state index < -0.39 is 0 Å². The zero-order chi connectivity index (χ0) is 7.78. The third-order valence-electron chi connectivity index (χ3n) is 3.66. The highest BCUT2D eigenvalue weighted by atomic mass is 14.7. The summed E-state index contributed by atoms with van der Waals surface area (Å²) in [6, 6.07) is 0. The van der Waals surface area contributed by atoms with Crippen LogP contribution in [0.5, 0.6) is 0 Å². The Hall–Kier alpha value is -0.0400. The molecule has 1 rings (SSSR count). The molecule has 3 unspecified atom stereocenters. The highest BCUT2D eigenvalue weighted by Crippen LogP contribution is 2.52. The van der Waals surface area contributed by atoms with Crippen molar-refractivity contribution in [3.8, 4) is 0 Å². The van der Waals surface area contributed by atoms with Crippen molar-refractivity contribution >= 4 is 0 Å². The van der Waals surface area contributed by atoms with Crippen molar-refractivity contribution in [2.24, 2.45) is 23.0 Å². The molecule has 0 saturated heterocycles. The lowest BCUT2D eigenvalue weighted by molar-refractivity contribution is -0.0161. The molecule has 0 heterocycles. The van der Waals surface area contributed by atoms with Gasteiger partial charge in [-0.2, -0.15) is 0 Å². The van der Waals surface area contributed by atoms with Crippen LogP contribution in [0, 0.1) is 17.3 Å². The SMILES string of the molecule is CCC1(CN)CC(C)C1C. The van der Waals surface area contributed by atoms with E-state index in [0.717, 1.165) is 18.4 Å². The van der Waals surface area contributed by atoms with Crippen molar-refractivity contribution in [1.29, 1.82) is 0 Å². The molecule has 0 aliphatic heterocycles. The molecule has 60 valence electrons. The molecule has 1 aliphatic carbocycles. The van der Waals surface area contributed by atoms with Crippen molar-refractivity contribution < 1.29 is 0 Å². The minimum atomic E-state index is 0.513. The van der Waals surface area contributed by atoms with Crippen LogP contribution < -0.4 is 5.73 Å². The summed E-state index contributed by atoms with van der Waals surface area (Å²) in [5.74, 6) is 1.76. The lowest BCUT2D eigenvalue weighted by atomic mass is 9.54. The van der Waals surface area contributed by atoms with Gasteiger partial charge in [-0.05, 0) is 36.6 Å².